The Balaban J connectivity index is -0.000000163. The maximum atomic E-state index is 2.36. The van der Waals surface area contributed by atoms with Crippen molar-refractivity contribution in [3.05, 3.63) is 0 Å². The van der Waals surface area contributed by atoms with E-state index in [9.17, 15) is 0 Å². The lowest BCUT2D eigenvalue weighted by Crippen LogP contribution is -2.12. The molecule has 0 unspecified atom stereocenters. The Kier molecular flexibility index (Phi) is 34.4. The van der Waals surface area contributed by atoms with Gasteiger partial charge in [0.15, 0.2) is 0 Å². The van der Waals surface area contributed by atoms with Crippen LogP contribution < -0.4 is 0 Å². The Morgan fingerprint density at radius 3 is 0.909 bits per heavy atom. The molecule has 0 nitrogen and oxygen atoms in total. The summed E-state index contributed by atoms with van der Waals surface area (Å²) in [5, 5.41) is 0. The molecule has 2 aliphatic carbocycles. The fourth-order valence-corrected chi connectivity index (χ4v) is 4.00. The first kappa shape index (κ1) is 40.2. The summed E-state index contributed by atoms with van der Waals surface area (Å²) in [6.45, 7) is 29.3. The van der Waals surface area contributed by atoms with E-state index in [1.807, 2.05) is 0 Å². The minimum absolute atomic E-state index is 0. The molecule has 0 bridgehead atoms. The molecule has 0 amide bonds. The lowest BCUT2D eigenvalue weighted by Gasteiger charge is -2.24. The van der Waals surface area contributed by atoms with Crippen LogP contribution in [0.3, 0.4) is 0 Å². The van der Waals surface area contributed by atoms with E-state index >= 15 is 0 Å². The van der Waals surface area contributed by atoms with Gasteiger partial charge in [-0.3, -0.25) is 0 Å². The second-order valence-electron chi connectivity index (χ2n) is 12.6. The summed E-state index contributed by atoms with van der Waals surface area (Å²) in [5.41, 5.74) is 0. The lowest BCUT2D eigenvalue weighted by atomic mass is 9.82. The SMILES string of the molecule is C.CC(C)C.CC(C)C1CCCC1.CC(C)C1CCCCC1.CCC(C)C.CCCC(C)C. The molecule has 206 valence electrons. The van der Waals surface area contributed by atoms with Crippen LogP contribution in [0.2, 0.25) is 0 Å². The summed E-state index contributed by atoms with van der Waals surface area (Å²) in [4.78, 5) is 0. The summed E-state index contributed by atoms with van der Waals surface area (Å²) < 4.78 is 0. The summed E-state index contributed by atoms with van der Waals surface area (Å²) in [7, 11) is 0. The van der Waals surface area contributed by atoms with E-state index in [0.717, 1.165) is 41.4 Å². The molecule has 0 atom stereocenters. The summed E-state index contributed by atoms with van der Waals surface area (Å²) in [6.07, 6.45) is 17.4. The van der Waals surface area contributed by atoms with Gasteiger partial charge in [0.05, 0.1) is 0 Å². The van der Waals surface area contributed by atoms with Gasteiger partial charge in [0, 0.05) is 0 Å². The Morgan fingerprint density at radius 1 is 0.515 bits per heavy atom. The van der Waals surface area contributed by atoms with E-state index in [4.69, 9.17) is 0 Å². The smallest absolute Gasteiger partial charge is 0.0391 e. The number of hydrogen-bond acceptors (Lipinski definition) is 0. The van der Waals surface area contributed by atoms with Gasteiger partial charge < -0.3 is 0 Å². The fraction of sp³-hybridized carbons (Fsp3) is 1.00. The standard InChI is InChI=1S/C9H18.C8H16.C6H14.C5H12.C4H10.CH4/c1-8(2)9-6-4-3-5-7-9;1-7(2)8-5-3-4-6-8;1-4-5-6(2)3;1-4-5(2)3;1-4(2)3;/h8-9H,3-7H2,1-2H3;7-8H,3-6H2,1-2H3;6H,4-5H2,1-3H3;5H,4H2,1-3H3;4H,1-3H3;1H4. The maximum absolute atomic E-state index is 2.36. The molecule has 0 heterocycles. The van der Waals surface area contributed by atoms with Gasteiger partial charge in [-0.15, -0.1) is 0 Å². The van der Waals surface area contributed by atoms with Crippen LogP contribution in [0.25, 0.3) is 0 Å². The molecule has 0 aromatic rings. The van der Waals surface area contributed by atoms with Gasteiger partial charge in [-0.05, 0) is 41.4 Å². The summed E-state index contributed by atoms with van der Waals surface area (Å²) in [5.74, 6) is 6.61. The van der Waals surface area contributed by atoms with Crippen molar-refractivity contribution >= 4 is 0 Å². The topological polar surface area (TPSA) is 0 Å². The molecular weight excluding hydrogens is 396 g/mol. The number of hydrogen-bond donors (Lipinski definition) is 0. The zero-order valence-electron chi connectivity index (χ0n) is 25.5. The normalized spacial score (nSPS) is 16.2. The van der Waals surface area contributed by atoms with Gasteiger partial charge >= 0.3 is 0 Å². The molecule has 2 fully saturated rings. The first-order chi connectivity index (χ1) is 14.9. The van der Waals surface area contributed by atoms with Crippen molar-refractivity contribution in [3.63, 3.8) is 0 Å². The largest absolute Gasteiger partial charge is 0.0776 e. The Morgan fingerprint density at radius 2 is 0.788 bits per heavy atom. The molecule has 0 aliphatic heterocycles. The minimum atomic E-state index is 0. The molecule has 0 saturated heterocycles. The highest BCUT2D eigenvalue weighted by molar-refractivity contribution is 4.69. The second-order valence-corrected chi connectivity index (χ2v) is 12.6. The van der Waals surface area contributed by atoms with E-state index in [2.05, 4.69) is 90.0 Å². The van der Waals surface area contributed by atoms with Gasteiger partial charge in [-0.2, -0.15) is 0 Å². The van der Waals surface area contributed by atoms with E-state index in [-0.39, 0.29) is 7.43 Å². The molecule has 0 aromatic heterocycles. The van der Waals surface area contributed by atoms with Gasteiger partial charge in [-0.25, -0.2) is 0 Å². The Bertz CT molecular complexity index is 308. The van der Waals surface area contributed by atoms with Crippen molar-refractivity contribution in [2.45, 2.75) is 174 Å². The monoisotopic (exact) mass is 471 g/mol. The molecule has 0 aromatic carbocycles. The predicted octanol–water partition coefficient (Wildman–Crippen LogP) is 12.8. The number of rotatable bonds is 5. The van der Waals surface area contributed by atoms with Crippen molar-refractivity contribution < 1.29 is 0 Å². The molecule has 0 heteroatoms. The van der Waals surface area contributed by atoms with Crippen LogP contribution in [0.4, 0.5) is 0 Å². The highest BCUT2D eigenvalue weighted by Gasteiger charge is 2.17. The van der Waals surface area contributed by atoms with Crippen molar-refractivity contribution in [1.82, 2.24) is 0 Å². The Labute approximate surface area is 215 Å². The van der Waals surface area contributed by atoms with Crippen LogP contribution in [-0.2, 0) is 0 Å². The van der Waals surface area contributed by atoms with Crippen LogP contribution >= 0.6 is 0 Å². The van der Waals surface area contributed by atoms with Gasteiger partial charge in [-0.1, -0.05) is 174 Å². The summed E-state index contributed by atoms with van der Waals surface area (Å²) >= 11 is 0. The predicted molar refractivity (Wildman–Crippen MR) is 160 cm³/mol. The van der Waals surface area contributed by atoms with Crippen molar-refractivity contribution in [3.8, 4) is 0 Å². The Hall–Kier alpha value is 0. The third-order valence-electron chi connectivity index (χ3n) is 6.62. The first-order valence-corrected chi connectivity index (χ1v) is 14.9. The molecule has 2 aliphatic rings. The molecule has 2 saturated carbocycles. The first-order valence-electron chi connectivity index (χ1n) is 14.9. The molecular formula is C33H74. The minimum Gasteiger partial charge on any atom is -0.0776 e. The molecule has 0 spiro atoms. The van der Waals surface area contributed by atoms with Crippen molar-refractivity contribution in [2.24, 2.45) is 41.4 Å². The van der Waals surface area contributed by atoms with Gasteiger partial charge in [0.25, 0.3) is 0 Å². The molecule has 2 rings (SSSR count). The highest BCUT2D eigenvalue weighted by Crippen LogP contribution is 2.30. The third-order valence-corrected chi connectivity index (χ3v) is 6.62. The molecule has 33 heavy (non-hydrogen) atoms. The van der Waals surface area contributed by atoms with Crippen LogP contribution in [0.1, 0.15) is 174 Å². The van der Waals surface area contributed by atoms with Crippen LogP contribution in [0.15, 0.2) is 0 Å². The highest BCUT2D eigenvalue weighted by atomic mass is 14.2. The molecule has 0 N–H and O–H groups in total. The van der Waals surface area contributed by atoms with Crippen LogP contribution in [-0.4, -0.2) is 0 Å². The molecule has 0 radical (unpaired) electrons. The zero-order chi connectivity index (χ0) is 25.5. The van der Waals surface area contributed by atoms with Crippen molar-refractivity contribution in [1.29, 1.82) is 0 Å². The average Bonchev–Trinajstić information content (AvgIpc) is 3.25. The van der Waals surface area contributed by atoms with Gasteiger partial charge in [0.2, 0.25) is 0 Å². The van der Waals surface area contributed by atoms with Crippen LogP contribution in [0.5, 0.6) is 0 Å². The summed E-state index contributed by atoms with van der Waals surface area (Å²) in [6, 6.07) is 0. The quantitative estimate of drug-likeness (QED) is 0.374. The fourth-order valence-electron chi connectivity index (χ4n) is 4.00. The third kappa shape index (κ3) is 36.7. The van der Waals surface area contributed by atoms with E-state index in [0.29, 0.717) is 0 Å². The zero-order valence-corrected chi connectivity index (χ0v) is 25.5. The van der Waals surface area contributed by atoms with Crippen molar-refractivity contribution in [2.75, 3.05) is 0 Å². The van der Waals surface area contributed by atoms with E-state index in [1.54, 1.807) is 0 Å². The lowest BCUT2D eigenvalue weighted by molar-refractivity contribution is 0.279. The van der Waals surface area contributed by atoms with Gasteiger partial charge in [0.1, 0.15) is 0 Å². The maximum Gasteiger partial charge on any atom is -0.0391 e. The van der Waals surface area contributed by atoms with E-state index in [1.165, 1.54) is 77.0 Å². The average molecular weight is 471 g/mol. The van der Waals surface area contributed by atoms with Crippen LogP contribution in [0, 0.1) is 41.4 Å². The second kappa shape index (κ2) is 28.2. The van der Waals surface area contributed by atoms with E-state index < -0.39 is 0 Å².